The smallest absolute Gasteiger partial charge is 0.119 e. The lowest BCUT2D eigenvalue weighted by Crippen LogP contribution is -1.93. The summed E-state index contributed by atoms with van der Waals surface area (Å²) in [6, 6.07) is 10.0. The zero-order chi connectivity index (χ0) is 16.1. The van der Waals surface area contributed by atoms with Crippen LogP contribution in [-0.2, 0) is 17.1 Å². The van der Waals surface area contributed by atoms with Crippen molar-refractivity contribution < 1.29 is 4.74 Å². The van der Waals surface area contributed by atoms with Gasteiger partial charge in [0, 0.05) is 23.5 Å². The predicted octanol–water partition coefficient (Wildman–Crippen LogP) is 3.86. The van der Waals surface area contributed by atoms with Crippen LogP contribution < -0.4 is 0 Å². The largest absolute Gasteiger partial charge is 0.378 e. The van der Waals surface area contributed by atoms with Crippen LogP contribution in [0.1, 0.15) is 28.6 Å². The van der Waals surface area contributed by atoms with Gasteiger partial charge in [-0.1, -0.05) is 23.4 Å². The van der Waals surface area contributed by atoms with Gasteiger partial charge in [-0.2, -0.15) is 0 Å². The number of thiazole rings is 1. The third kappa shape index (κ3) is 4.19. The summed E-state index contributed by atoms with van der Waals surface area (Å²) in [6.07, 6.45) is 1.99. The SMILES string of the molecule is COCc1nc(CS[C@H](C)c2cn(-c3ccccc3)nn2)cs1. The molecule has 0 aliphatic heterocycles. The summed E-state index contributed by atoms with van der Waals surface area (Å²) >= 11 is 3.45. The van der Waals surface area contributed by atoms with Crippen LogP contribution in [0.15, 0.2) is 41.9 Å². The Morgan fingerprint density at radius 3 is 2.91 bits per heavy atom. The van der Waals surface area contributed by atoms with E-state index < -0.39 is 0 Å². The fourth-order valence-electron chi connectivity index (χ4n) is 2.07. The molecule has 23 heavy (non-hydrogen) atoms. The van der Waals surface area contributed by atoms with Crippen LogP contribution in [0.5, 0.6) is 0 Å². The summed E-state index contributed by atoms with van der Waals surface area (Å²) in [5, 5.41) is 11.9. The quantitative estimate of drug-likeness (QED) is 0.650. The first-order valence-electron chi connectivity index (χ1n) is 7.27. The van der Waals surface area contributed by atoms with Gasteiger partial charge in [0.1, 0.15) is 5.01 Å². The maximum Gasteiger partial charge on any atom is 0.119 e. The van der Waals surface area contributed by atoms with Crippen LogP contribution in [0.2, 0.25) is 0 Å². The third-order valence-corrected chi connectivity index (χ3v) is 5.37. The molecule has 0 spiro atoms. The van der Waals surface area contributed by atoms with E-state index in [4.69, 9.17) is 4.74 Å². The molecule has 7 heteroatoms. The number of nitrogens with zero attached hydrogens (tertiary/aromatic N) is 4. The molecule has 0 N–H and O–H groups in total. The minimum Gasteiger partial charge on any atom is -0.378 e. The highest BCUT2D eigenvalue weighted by molar-refractivity contribution is 7.98. The molecule has 0 radical (unpaired) electrons. The van der Waals surface area contributed by atoms with Crippen molar-refractivity contribution in [2.24, 2.45) is 0 Å². The molecule has 0 saturated carbocycles. The van der Waals surface area contributed by atoms with E-state index in [1.807, 2.05) is 53.0 Å². The number of thioether (sulfide) groups is 1. The second-order valence-electron chi connectivity index (χ2n) is 5.04. The molecule has 5 nitrogen and oxygen atoms in total. The van der Waals surface area contributed by atoms with Gasteiger partial charge in [-0.15, -0.1) is 28.2 Å². The van der Waals surface area contributed by atoms with Gasteiger partial charge in [0.25, 0.3) is 0 Å². The fraction of sp³-hybridized carbons (Fsp3) is 0.312. The Kier molecular flexibility index (Phi) is 5.43. The van der Waals surface area contributed by atoms with Gasteiger partial charge < -0.3 is 4.74 Å². The van der Waals surface area contributed by atoms with E-state index in [9.17, 15) is 0 Å². The van der Waals surface area contributed by atoms with Gasteiger partial charge in [-0.3, -0.25) is 0 Å². The maximum absolute atomic E-state index is 5.10. The number of ether oxygens (including phenoxy) is 1. The Balaban J connectivity index is 1.60. The van der Waals surface area contributed by atoms with Crippen molar-refractivity contribution in [2.75, 3.05) is 7.11 Å². The van der Waals surface area contributed by atoms with E-state index in [2.05, 4.69) is 27.6 Å². The highest BCUT2D eigenvalue weighted by atomic mass is 32.2. The monoisotopic (exact) mass is 346 g/mol. The number of methoxy groups -OCH3 is 1. The molecule has 0 fully saturated rings. The average molecular weight is 346 g/mol. The van der Waals surface area contributed by atoms with Crippen molar-refractivity contribution in [2.45, 2.75) is 24.5 Å². The van der Waals surface area contributed by atoms with Gasteiger partial charge in [0.05, 0.1) is 29.9 Å². The van der Waals surface area contributed by atoms with Crippen molar-refractivity contribution in [1.29, 1.82) is 0 Å². The number of hydrogen-bond donors (Lipinski definition) is 0. The van der Waals surface area contributed by atoms with Gasteiger partial charge in [0.15, 0.2) is 0 Å². The van der Waals surface area contributed by atoms with E-state index >= 15 is 0 Å². The van der Waals surface area contributed by atoms with E-state index in [-0.39, 0.29) is 5.25 Å². The van der Waals surface area contributed by atoms with Crippen LogP contribution in [0, 0.1) is 0 Å². The standard InChI is InChI=1S/C16H18N4OS2/c1-12(22-10-13-11-23-16(17-13)9-21-2)15-8-20(19-18-15)14-6-4-3-5-7-14/h3-8,11-12H,9-10H2,1-2H3/t12-/m1/s1. The molecule has 120 valence electrons. The van der Waals surface area contributed by atoms with E-state index in [1.54, 1.807) is 18.4 Å². The molecule has 1 atom stereocenters. The van der Waals surface area contributed by atoms with Crippen LogP contribution in [0.4, 0.5) is 0 Å². The molecule has 1 aromatic carbocycles. The summed E-state index contributed by atoms with van der Waals surface area (Å²) in [5.41, 5.74) is 3.09. The molecule has 0 aliphatic carbocycles. The number of aromatic nitrogens is 4. The molecule has 0 amide bonds. The second-order valence-corrected chi connectivity index (χ2v) is 7.31. The molecule has 3 aromatic rings. The summed E-state index contributed by atoms with van der Waals surface area (Å²) in [4.78, 5) is 4.55. The van der Waals surface area contributed by atoms with E-state index in [1.165, 1.54) is 0 Å². The lowest BCUT2D eigenvalue weighted by molar-refractivity contribution is 0.184. The summed E-state index contributed by atoms with van der Waals surface area (Å²) in [7, 11) is 1.69. The Morgan fingerprint density at radius 1 is 1.30 bits per heavy atom. The molecule has 2 heterocycles. The first-order chi connectivity index (χ1) is 11.3. The minimum absolute atomic E-state index is 0.264. The first kappa shape index (κ1) is 16.2. The summed E-state index contributed by atoms with van der Waals surface area (Å²) < 4.78 is 6.91. The number of hydrogen-bond acceptors (Lipinski definition) is 6. The molecule has 2 aromatic heterocycles. The number of benzene rings is 1. The van der Waals surface area contributed by atoms with Crippen LogP contribution in [0.25, 0.3) is 5.69 Å². The topological polar surface area (TPSA) is 52.8 Å². The maximum atomic E-state index is 5.10. The third-order valence-electron chi connectivity index (χ3n) is 3.30. The Bertz CT molecular complexity index is 741. The zero-order valence-corrected chi connectivity index (χ0v) is 14.7. The molecule has 0 unspecified atom stereocenters. The van der Waals surface area contributed by atoms with Crippen LogP contribution in [-0.4, -0.2) is 27.1 Å². The summed E-state index contributed by atoms with van der Waals surface area (Å²) in [6.45, 7) is 2.72. The van der Waals surface area contributed by atoms with Gasteiger partial charge in [-0.05, 0) is 19.1 Å². The lowest BCUT2D eigenvalue weighted by atomic mass is 10.3. The number of para-hydroxylation sites is 1. The number of rotatable bonds is 7. The Morgan fingerprint density at radius 2 is 2.13 bits per heavy atom. The van der Waals surface area contributed by atoms with Crippen molar-refractivity contribution in [1.82, 2.24) is 20.0 Å². The van der Waals surface area contributed by atoms with E-state index in [0.29, 0.717) is 6.61 Å². The first-order valence-corrected chi connectivity index (χ1v) is 9.20. The Hall–Kier alpha value is -1.70. The zero-order valence-electron chi connectivity index (χ0n) is 13.0. The van der Waals surface area contributed by atoms with Crippen molar-refractivity contribution in [3.05, 3.63) is 58.3 Å². The normalized spacial score (nSPS) is 12.4. The molecular weight excluding hydrogens is 328 g/mol. The fourth-order valence-corrected chi connectivity index (χ4v) is 3.79. The van der Waals surface area contributed by atoms with Crippen LogP contribution >= 0.6 is 23.1 Å². The van der Waals surface area contributed by atoms with Gasteiger partial charge >= 0.3 is 0 Å². The van der Waals surface area contributed by atoms with Crippen molar-refractivity contribution in [3.8, 4) is 5.69 Å². The van der Waals surface area contributed by atoms with Crippen LogP contribution in [0.3, 0.4) is 0 Å². The second kappa shape index (κ2) is 7.72. The predicted molar refractivity (Wildman–Crippen MR) is 93.9 cm³/mol. The van der Waals surface area contributed by atoms with Crippen molar-refractivity contribution in [3.63, 3.8) is 0 Å². The summed E-state index contributed by atoms with van der Waals surface area (Å²) in [5.74, 6) is 0.861. The molecule has 3 rings (SSSR count). The van der Waals surface area contributed by atoms with Gasteiger partial charge in [0.2, 0.25) is 0 Å². The molecule has 0 saturated heterocycles. The molecular formula is C16H18N4OS2. The van der Waals surface area contributed by atoms with Crippen molar-refractivity contribution >= 4 is 23.1 Å². The lowest BCUT2D eigenvalue weighted by Gasteiger charge is -2.06. The molecule has 0 bridgehead atoms. The average Bonchev–Trinajstić information content (AvgIpc) is 3.23. The Labute approximate surface area is 143 Å². The minimum atomic E-state index is 0.264. The van der Waals surface area contributed by atoms with Gasteiger partial charge in [-0.25, -0.2) is 9.67 Å². The molecule has 0 aliphatic rings. The highest BCUT2D eigenvalue weighted by Gasteiger charge is 2.12. The highest BCUT2D eigenvalue weighted by Crippen LogP contribution is 2.30. The van der Waals surface area contributed by atoms with E-state index in [0.717, 1.165) is 27.8 Å².